The summed E-state index contributed by atoms with van der Waals surface area (Å²) >= 11 is 0. The Hall–Kier alpha value is -4.00. The molecule has 212 valence electrons. The molecule has 1 saturated heterocycles. The van der Waals surface area contributed by atoms with E-state index in [0.717, 1.165) is 73.2 Å². The lowest BCUT2D eigenvalue weighted by Gasteiger charge is -2.46. The number of fused-ring (bicyclic) bond motifs is 2. The van der Waals surface area contributed by atoms with Gasteiger partial charge in [-0.25, -0.2) is 4.79 Å². The van der Waals surface area contributed by atoms with Crippen LogP contribution in [0.25, 0.3) is 10.9 Å². The van der Waals surface area contributed by atoms with Gasteiger partial charge in [0.25, 0.3) is 0 Å². The number of carbonyl (C=O) groups excluding carboxylic acids is 2. The molecule has 3 aromatic rings. The molecule has 1 aliphatic carbocycles. The van der Waals surface area contributed by atoms with Gasteiger partial charge in [-0.3, -0.25) is 9.69 Å². The van der Waals surface area contributed by atoms with E-state index < -0.39 is 17.8 Å². The van der Waals surface area contributed by atoms with Crippen molar-refractivity contribution >= 4 is 28.7 Å². The zero-order valence-corrected chi connectivity index (χ0v) is 21.5. The summed E-state index contributed by atoms with van der Waals surface area (Å²) in [5.41, 5.74) is 5.82. The van der Waals surface area contributed by atoms with E-state index >= 15 is 0 Å². The number of benzene rings is 2. The average molecular weight is 559 g/mol. The molecule has 4 N–H and O–H groups in total. The van der Waals surface area contributed by atoms with Gasteiger partial charge in [0.15, 0.2) is 17.3 Å². The van der Waals surface area contributed by atoms with Gasteiger partial charge in [-0.05, 0) is 67.5 Å². The number of amides is 2. The van der Waals surface area contributed by atoms with Crippen LogP contribution >= 0.6 is 0 Å². The highest BCUT2D eigenvalue weighted by Crippen LogP contribution is 2.40. The second kappa shape index (κ2) is 10.2. The van der Waals surface area contributed by atoms with Crippen molar-refractivity contribution in [3.63, 3.8) is 0 Å². The summed E-state index contributed by atoms with van der Waals surface area (Å²) < 4.78 is 51.3. The largest absolute Gasteiger partial charge is 0.454 e. The van der Waals surface area contributed by atoms with Gasteiger partial charge in [-0.1, -0.05) is 6.07 Å². The van der Waals surface area contributed by atoms with E-state index in [1.165, 1.54) is 5.56 Å². The van der Waals surface area contributed by atoms with E-state index in [0.29, 0.717) is 12.0 Å². The third kappa shape index (κ3) is 5.12. The Labute approximate surface area is 227 Å². The van der Waals surface area contributed by atoms with Crippen molar-refractivity contribution in [2.24, 2.45) is 5.73 Å². The molecule has 3 heterocycles. The van der Waals surface area contributed by atoms with Crippen LogP contribution in [0.1, 0.15) is 42.7 Å². The van der Waals surface area contributed by atoms with E-state index in [-0.39, 0.29) is 42.0 Å². The van der Waals surface area contributed by atoms with Crippen molar-refractivity contribution in [1.82, 2.24) is 20.0 Å². The molecule has 3 aliphatic rings. The highest BCUT2D eigenvalue weighted by atomic mass is 19.4. The van der Waals surface area contributed by atoms with Crippen LogP contribution in [0.3, 0.4) is 0 Å². The third-order valence-electron chi connectivity index (χ3n) is 7.99. The van der Waals surface area contributed by atoms with Gasteiger partial charge in [0.05, 0.1) is 23.7 Å². The zero-order chi connectivity index (χ0) is 28.0. The van der Waals surface area contributed by atoms with E-state index in [2.05, 4.69) is 32.8 Å². The Balaban J connectivity index is 0.986. The van der Waals surface area contributed by atoms with Crippen LogP contribution in [0.2, 0.25) is 0 Å². The first-order valence-electron chi connectivity index (χ1n) is 13.2. The molecule has 1 saturated carbocycles. The van der Waals surface area contributed by atoms with Gasteiger partial charge in [-0.15, -0.1) is 5.10 Å². The van der Waals surface area contributed by atoms with Gasteiger partial charge in [-0.2, -0.15) is 17.9 Å². The maximum Gasteiger partial charge on any atom is 0.416 e. The summed E-state index contributed by atoms with van der Waals surface area (Å²) in [5.74, 6) is 1.77. The minimum Gasteiger partial charge on any atom is -0.454 e. The standard InChI is InChI=1S/C27H29F3N6O4/c28-27(29,30)17-4-7-21-20(10-17)25(34-36(21)26(31)38)32-11-24(37)33-18-12-35(13-18)19-5-1-15(2-6-19)16-3-8-22-23(9-16)40-14-39-22/h3-4,7-10,15,18-19H,1-2,5-6,11-14H2,(H2,31,38)(H,32,34)(H,33,37). The van der Waals surface area contributed by atoms with Crippen LogP contribution in [0.5, 0.6) is 11.5 Å². The summed E-state index contributed by atoms with van der Waals surface area (Å²) in [4.78, 5) is 26.7. The predicted molar refractivity (Wildman–Crippen MR) is 139 cm³/mol. The summed E-state index contributed by atoms with van der Waals surface area (Å²) in [5, 5.41) is 9.73. The molecule has 10 nitrogen and oxygen atoms in total. The first-order valence-corrected chi connectivity index (χ1v) is 13.2. The molecule has 0 radical (unpaired) electrons. The van der Waals surface area contributed by atoms with Gasteiger partial charge >= 0.3 is 12.2 Å². The normalized spacial score (nSPS) is 21.3. The molecule has 0 atom stereocenters. The quantitative estimate of drug-likeness (QED) is 0.422. The lowest BCUT2D eigenvalue weighted by atomic mass is 9.80. The van der Waals surface area contributed by atoms with Gasteiger partial charge in [0.2, 0.25) is 12.7 Å². The van der Waals surface area contributed by atoms with Crippen molar-refractivity contribution in [3.8, 4) is 11.5 Å². The highest BCUT2D eigenvalue weighted by molar-refractivity contribution is 5.97. The summed E-state index contributed by atoms with van der Waals surface area (Å²) in [6.45, 7) is 1.56. The molecule has 0 unspecified atom stereocenters. The fraction of sp³-hybridized carbons (Fsp3) is 0.444. The summed E-state index contributed by atoms with van der Waals surface area (Å²) in [6.07, 6.45) is -0.236. The molecule has 0 bridgehead atoms. The van der Waals surface area contributed by atoms with E-state index in [9.17, 15) is 22.8 Å². The first kappa shape index (κ1) is 26.2. The Morgan fingerprint density at radius 1 is 1.02 bits per heavy atom. The predicted octanol–water partition coefficient (Wildman–Crippen LogP) is 3.65. The summed E-state index contributed by atoms with van der Waals surface area (Å²) in [7, 11) is 0. The number of alkyl halides is 3. The molecule has 2 aliphatic heterocycles. The van der Waals surface area contributed by atoms with Crippen molar-refractivity contribution in [2.75, 3.05) is 31.7 Å². The number of ether oxygens (including phenoxy) is 2. The molecule has 2 aromatic carbocycles. The lowest BCUT2D eigenvalue weighted by Crippen LogP contribution is -2.63. The van der Waals surface area contributed by atoms with E-state index in [1.54, 1.807) is 0 Å². The Kier molecular flexibility index (Phi) is 6.69. The van der Waals surface area contributed by atoms with E-state index in [4.69, 9.17) is 15.2 Å². The van der Waals surface area contributed by atoms with Crippen LogP contribution in [0.15, 0.2) is 36.4 Å². The maximum absolute atomic E-state index is 13.2. The lowest BCUT2D eigenvalue weighted by molar-refractivity contribution is -0.137. The zero-order valence-electron chi connectivity index (χ0n) is 21.5. The van der Waals surface area contributed by atoms with E-state index in [1.807, 2.05) is 6.07 Å². The fourth-order valence-corrected chi connectivity index (χ4v) is 5.88. The van der Waals surface area contributed by atoms with Crippen LogP contribution in [-0.2, 0) is 11.0 Å². The van der Waals surface area contributed by atoms with Gasteiger partial charge < -0.3 is 25.8 Å². The van der Waals surface area contributed by atoms with Gasteiger partial charge in [0, 0.05) is 24.5 Å². The molecular formula is C27H29F3N6O4. The summed E-state index contributed by atoms with van der Waals surface area (Å²) in [6, 6.07) is 8.59. The fourth-order valence-electron chi connectivity index (χ4n) is 5.88. The topological polar surface area (TPSA) is 124 Å². The number of rotatable bonds is 6. The van der Waals surface area contributed by atoms with Crippen LogP contribution in [-0.4, -0.2) is 65.1 Å². The number of nitrogens with two attached hydrogens (primary N) is 1. The molecule has 6 rings (SSSR count). The maximum atomic E-state index is 13.2. The number of carbonyl (C=O) groups is 2. The minimum absolute atomic E-state index is 0.00219. The smallest absolute Gasteiger partial charge is 0.416 e. The number of halogens is 3. The van der Waals surface area contributed by atoms with Crippen molar-refractivity contribution in [2.45, 2.75) is 49.9 Å². The SMILES string of the molecule is NC(=O)n1nc(NCC(=O)NC2CN(C3CCC(c4ccc5c(c4)OCO5)CC3)C2)c2cc(C(F)(F)F)ccc21. The molecule has 13 heteroatoms. The Bertz CT molecular complexity index is 1440. The minimum atomic E-state index is -4.57. The second-order valence-electron chi connectivity index (χ2n) is 10.5. The molecule has 0 spiro atoms. The molecule has 2 fully saturated rings. The first-order chi connectivity index (χ1) is 19.2. The molecule has 40 heavy (non-hydrogen) atoms. The van der Waals surface area contributed by atoms with Crippen LogP contribution in [0.4, 0.5) is 23.8 Å². The number of nitrogens with one attached hydrogen (secondary N) is 2. The number of hydrogen-bond acceptors (Lipinski definition) is 7. The number of hydrogen-bond donors (Lipinski definition) is 3. The van der Waals surface area contributed by atoms with Crippen LogP contribution in [0, 0.1) is 0 Å². The monoisotopic (exact) mass is 558 g/mol. The van der Waals surface area contributed by atoms with Crippen molar-refractivity contribution in [3.05, 3.63) is 47.5 Å². The number of anilines is 1. The Morgan fingerprint density at radius 3 is 2.50 bits per heavy atom. The molecule has 2 amide bonds. The van der Waals surface area contributed by atoms with Crippen LogP contribution < -0.4 is 25.8 Å². The number of primary amides is 1. The van der Waals surface area contributed by atoms with Gasteiger partial charge in [0.1, 0.15) is 0 Å². The Morgan fingerprint density at radius 2 is 1.77 bits per heavy atom. The molecule has 1 aromatic heterocycles. The van der Waals surface area contributed by atoms with Crippen molar-refractivity contribution < 1.29 is 32.2 Å². The van der Waals surface area contributed by atoms with Crippen molar-refractivity contribution in [1.29, 1.82) is 0 Å². The second-order valence-corrected chi connectivity index (χ2v) is 10.5. The third-order valence-corrected chi connectivity index (χ3v) is 7.99. The highest BCUT2D eigenvalue weighted by Gasteiger charge is 2.36. The number of aromatic nitrogens is 2. The number of nitrogens with zero attached hydrogens (tertiary/aromatic N) is 3. The number of likely N-dealkylation sites (tertiary alicyclic amines) is 1. The molecular weight excluding hydrogens is 529 g/mol. The average Bonchev–Trinajstić information content (AvgIpc) is 3.53.